The zero-order valence-corrected chi connectivity index (χ0v) is 13.0. The maximum atomic E-state index is 12.5. The fourth-order valence-electron chi connectivity index (χ4n) is 1.98. The van der Waals surface area contributed by atoms with Gasteiger partial charge in [0.1, 0.15) is 6.04 Å². The molecule has 4 nitrogen and oxygen atoms in total. The number of carbonyl (C=O) groups excluding carboxylic acids is 1. The van der Waals surface area contributed by atoms with Gasteiger partial charge in [0.05, 0.1) is 0 Å². The van der Waals surface area contributed by atoms with E-state index >= 15 is 0 Å². The maximum absolute atomic E-state index is 12.5. The van der Waals surface area contributed by atoms with E-state index in [9.17, 15) is 18.0 Å². The van der Waals surface area contributed by atoms with Crippen molar-refractivity contribution < 1.29 is 18.0 Å². The van der Waals surface area contributed by atoms with Crippen LogP contribution in [-0.2, 0) is 4.79 Å². The quantitative estimate of drug-likeness (QED) is 0.847. The van der Waals surface area contributed by atoms with Gasteiger partial charge < -0.3 is 10.6 Å². The number of carbonyl (C=O) groups is 1. The summed E-state index contributed by atoms with van der Waals surface area (Å²) in [6.07, 6.45) is -3.20. The van der Waals surface area contributed by atoms with Crippen molar-refractivity contribution in [3.63, 3.8) is 0 Å². The number of nitrogens with two attached hydrogens (primary N) is 1. The summed E-state index contributed by atoms with van der Waals surface area (Å²) < 4.78 is 37.6. The number of nitrogens with zero attached hydrogens (tertiary/aromatic N) is 2. The van der Waals surface area contributed by atoms with Crippen LogP contribution < -0.4 is 5.73 Å². The first kappa shape index (κ1) is 22.0. The Morgan fingerprint density at radius 2 is 1.70 bits per heavy atom. The second kappa shape index (κ2) is 9.65. The van der Waals surface area contributed by atoms with Crippen molar-refractivity contribution in [1.82, 2.24) is 9.80 Å². The van der Waals surface area contributed by atoms with Gasteiger partial charge in [0.25, 0.3) is 0 Å². The largest absolute Gasteiger partial charge is 0.403 e. The van der Waals surface area contributed by atoms with E-state index in [0.29, 0.717) is 32.5 Å². The number of halogens is 5. The minimum absolute atomic E-state index is 0. The van der Waals surface area contributed by atoms with Crippen molar-refractivity contribution in [1.29, 1.82) is 0 Å². The topological polar surface area (TPSA) is 49.6 Å². The van der Waals surface area contributed by atoms with Crippen LogP contribution in [0.25, 0.3) is 0 Å². The van der Waals surface area contributed by atoms with Gasteiger partial charge in [-0.1, -0.05) is 0 Å². The Balaban J connectivity index is 0. The summed E-state index contributed by atoms with van der Waals surface area (Å²) in [6, 6.07) is -1.45. The van der Waals surface area contributed by atoms with Crippen molar-refractivity contribution in [3.8, 4) is 0 Å². The van der Waals surface area contributed by atoms with E-state index in [0.717, 1.165) is 6.92 Å². The highest BCUT2D eigenvalue weighted by Gasteiger charge is 2.41. The van der Waals surface area contributed by atoms with Crippen LogP contribution in [0.5, 0.6) is 0 Å². The maximum Gasteiger partial charge on any atom is 0.403 e. The summed E-state index contributed by atoms with van der Waals surface area (Å²) in [5.74, 6) is -0.0141. The summed E-state index contributed by atoms with van der Waals surface area (Å²) >= 11 is 0. The molecule has 20 heavy (non-hydrogen) atoms. The highest BCUT2D eigenvalue weighted by molar-refractivity contribution is 5.85. The average molecular weight is 340 g/mol. The SMILES string of the molecule is CC(N1CCN(C(=O)CCCN)CC1)C(F)(F)F.Cl.Cl. The third-order valence-electron chi connectivity index (χ3n) is 3.28. The number of hydrogen-bond donors (Lipinski definition) is 1. The molecule has 0 aliphatic carbocycles. The standard InChI is InChI=1S/C11H20F3N3O.2ClH/c1-9(11(12,13)14)16-5-7-17(8-6-16)10(18)3-2-4-15;;/h9H,2-8,15H2,1H3;2*1H. The monoisotopic (exact) mass is 339 g/mol. The van der Waals surface area contributed by atoms with E-state index in [4.69, 9.17) is 5.73 Å². The summed E-state index contributed by atoms with van der Waals surface area (Å²) in [4.78, 5) is 14.6. The molecule has 0 radical (unpaired) electrons. The lowest BCUT2D eigenvalue weighted by Crippen LogP contribution is -2.54. The second-order valence-corrected chi connectivity index (χ2v) is 4.53. The minimum Gasteiger partial charge on any atom is -0.340 e. The number of hydrogen-bond acceptors (Lipinski definition) is 3. The molecule has 1 heterocycles. The van der Waals surface area contributed by atoms with Crippen molar-refractivity contribution in [2.45, 2.75) is 32.0 Å². The van der Waals surface area contributed by atoms with Crippen LogP contribution >= 0.6 is 24.8 Å². The van der Waals surface area contributed by atoms with Crippen LogP contribution in [0.3, 0.4) is 0 Å². The molecule has 0 aromatic rings. The molecule has 2 N–H and O–H groups in total. The first-order valence-corrected chi connectivity index (χ1v) is 6.15. The van der Waals surface area contributed by atoms with Crippen LogP contribution in [0, 0.1) is 0 Å². The predicted octanol–water partition coefficient (Wildman–Crippen LogP) is 1.66. The minimum atomic E-state index is -4.20. The molecular formula is C11H22Cl2F3N3O. The first-order valence-electron chi connectivity index (χ1n) is 6.15. The molecule has 1 atom stereocenters. The van der Waals surface area contributed by atoms with Gasteiger partial charge in [0.15, 0.2) is 0 Å². The third kappa shape index (κ3) is 6.47. The second-order valence-electron chi connectivity index (χ2n) is 4.53. The molecule has 1 aliphatic rings. The molecule has 1 rings (SSSR count). The highest BCUT2D eigenvalue weighted by atomic mass is 35.5. The summed E-state index contributed by atoms with van der Waals surface area (Å²) in [7, 11) is 0. The van der Waals surface area contributed by atoms with Crippen molar-refractivity contribution in [2.24, 2.45) is 5.73 Å². The van der Waals surface area contributed by atoms with E-state index in [-0.39, 0.29) is 43.8 Å². The van der Waals surface area contributed by atoms with Gasteiger partial charge in [-0.15, -0.1) is 24.8 Å². The van der Waals surface area contributed by atoms with Gasteiger partial charge in [-0.3, -0.25) is 9.69 Å². The van der Waals surface area contributed by atoms with E-state index < -0.39 is 12.2 Å². The molecule has 1 amide bonds. The Bertz CT molecular complexity index is 285. The van der Waals surface area contributed by atoms with Crippen molar-refractivity contribution >= 4 is 30.7 Å². The number of amides is 1. The Labute approximate surface area is 129 Å². The van der Waals surface area contributed by atoms with Crippen LogP contribution in [0.15, 0.2) is 0 Å². The Morgan fingerprint density at radius 1 is 1.20 bits per heavy atom. The average Bonchev–Trinajstić information content (AvgIpc) is 2.34. The fourth-order valence-corrected chi connectivity index (χ4v) is 1.98. The van der Waals surface area contributed by atoms with E-state index in [2.05, 4.69) is 0 Å². The molecular weight excluding hydrogens is 318 g/mol. The number of piperazine rings is 1. The molecule has 1 aliphatic heterocycles. The van der Waals surface area contributed by atoms with Gasteiger partial charge >= 0.3 is 6.18 Å². The van der Waals surface area contributed by atoms with E-state index in [1.54, 1.807) is 4.90 Å². The normalized spacial score (nSPS) is 17.9. The van der Waals surface area contributed by atoms with Crippen molar-refractivity contribution in [2.75, 3.05) is 32.7 Å². The Hall–Kier alpha value is -0.240. The lowest BCUT2D eigenvalue weighted by Gasteiger charge is -2.38. The van der Waals surface area contributed by atoms with Gasteiger partial charge in [-0.05, 0) is 19.9 Å². The molecule has 1 saturated heterocycles. The summed E-state index contributed by atoms with van der Waals surface area (Å²) in [5, 5.41) is 0. The lowest BCUT2D eigenvalue weighted by molar-refractivity contribution is -0.183. The van der Waals surface area contributed by atoms with Gasteiger partial charge in [0.2, 0.25) is 5.91 Å². The lowest BCUT2D eigenvalue weighted by atomic mass is 10.2. The fraction of sp³-hybridized carbons (Fsp3) is 0.909. The zero-order valence-electron chi connectivity index (χ0n) is 11.4. The van der Waals surface area contributed by atoms with Crippen LogP contribution in [0.1, 0.15) is 19.8 Å². The molecule has 0 bridgehead atoms. The molecule has 0 spiro atoms. The molecule has 9 heteroatoms. The zero-order chi connectivity index (χ0) is 13.8. The third-order valence-corrected chi connectivity index (χ3v) is 3.28. The smallest absolute Gasteiger partial charge is 0.340 e. The molecule has 0 aromatic carbocycles. The molecule has 1 unspecified atom stereocenters. The first-order chi connectivity index (χ1) is 8.36. The number of rotatable bonds is 4. The predicted molar refractivity (Wildman–Crippen MR) is 76.5 cm³/mol. The van der Waals surface area contributed by atoms with Gasteiger partial charge in [-0.25, -0.2) is 0 Å². The van der Waals surface area contributed by atoms with Crippen LogP contribution in [0.4, 0.5) is 13.2 Å². The molecule has 0 saturated carbocycles. The Morgan fingerprint density at radius 3 is 2.10 bits per heavy atom. The van der Waals surface area contributed by atoms with Crippen molar-refractivity contribution in [3.05, 3.63) is 0 Å². The van der Waals surface area contributed by atoms with E-state index in [1.165, 1.54) is 4.90 Å². The molecule has 1 fully saturated rings. The highest BCUT2D eigenvalue weighted by Crippen LogP contribution is 2.25. The number of alkyl halides is 3. The summed E-state index contributed by atoms with van der Waals surface area (Å²) in [6.45, 7) is 2.89. The van der Waals surface area contributed by atoms with Crippen LogP contribution in [0.2, 0.25) is 0 Å². The Kier molecular flexibility index (Phi) is 10.6. The van der Waals surface area contributed by atoms with Gasteiger partial charge in [-0.2, -0.15) is 13.2 Å². The van der Waals surface area contributed by atoms with Gasteiger partial charge in [0, 0.05) is 32.6 Å². The molecule has 122 valence electrons. The summed E-state index contributed by atoms with van der Waals surface area (Å²) in [5.41, 5.74) is 5.31. The molecule has 0 aromatic heterocycles. The van der Waals surface area contributed by atoms with Crippen LogP contribution in [-0.4, -0.2) is 60.6 Å². The van der Waals surface area contributed by atoms with E-state index in [1.807, 2.05) is 0 Å².